The first-order valence-corrected chi connectivity index (χ1v) is 8.62. The number of hydrogen-bond donors (Lipinski definition) is 0. The Morgan fingerprint density at radius 3 is 3.00 bits per heavy atom. The molecule has 0 unspecified atom stereocenters. The van der Waals surface area contributed by atoms with Crippen molar-refractivity contribution in [1.29, 1.82) is 0 Å². The number of para-hydroxylation sites is 2. The first kappa shape index (κ1) is 15.7. The third-order valence-corrected chi connectivity index (χ3v) is 4.91. The summed E-state index contributed by atoms with van der Waals surface area (Å²) in [4.78, 5) is 19.3. The third-order valence-electron chi connectivity index (χ3n) is 4.91. The Bertz CT molecular complexity index is 870. The molecule has 1 aliphatic heterocycles. The van der Waals surface area contributed by atoms with Crippen LogP contribution in [0, 0.1) is 0 Å². The SMILES string of the molecule is Cn1c([C@@H]2CCCN(C(=O)CCn3cnnn3)C2)nc2ccccc21. The molecule has 1 aliphatic rings. The zero-order chi connectivity index (χ0) is 17.2. The average molecular weight is 339 g/mol. The number of likely N-dealkylation sites (tertiary alicyclic amines) is 1. The summed E-state index contributed by atoms with van der Waals surface area (Å²) < 4.78 is 3.75. The lowest BCUT2D eigenvalue weighted by Gasteiger charge is -2.32. The molecule has 3 heterocycles. The highest BCUT2D eigenvalue weighted by Crippen LogP contribution is 2.28. The molecule has 0 aliphatic carbocycles. The fourth-order valence-electron chi connectivity index (χ4n) is 3.59. The van der Waals surface area contributed by atoms with Crippen molar-refractivity contribution in [2.24, 2.45) is 7.05 Å². The number of benzene rings is 1. The Labute approximate surface area is 145 Å². The second-order valence-electron chi connectivity index (χ2n) is 6.52. The molecule has 1 saturated heterocycles. The van der Waals surface area contributed by atoms with Crippen molar-refractivity contribution >= 4 is 16.9 Å². The maximum Gasteiger partial charge on any atom is 0.224 e. The van der Waals surface area contributed by atoms with E-state index < -0.39 is 0 Å². The predicted molar refractivity (Wildman–Crippen MR) is 91.7 cm³/mol. The van der Waals surface area contributed by atoms with Crippen LogP contribution in [0.25, 0.3) is 11.0 Å². The summed E-state index contributed by atoms with van der Waals surface area (Å²) in [5, 5.41) is 11.0. The van der Waals surface area contributed by atoms with Crippen molar-refractivity contribution in [2.75, 3.05) is 13.1 Å². The number of aryl methyl sites for hydroxylation is 2. The van der Waals surface area contributed by atoms with Gasteiger partial charge in [-0.25, -0.2) is 9.67 Å². The molecule has 0 N–H and O–H groups in total. The van der Waals surface area contributed by atoms with Crippen molar-refractivity contribution in [3.63, 3.8) is 0 Å². The normalized spacial score (nSPS) is 18.0. The molecule has 25 heavy (non-hydrogen) atoms. The van der Waals surface area contributed by atoms with Crippen molar-refractivity contribution in [3.05, 3.63) is 36.4 Å². The number of carbonyl (C=O) groups is 1. The molecule has 0 radical (unpaired) electrons. The van der Waals surface area contributed by atoms with E-state index in [0.717, 1.165) is 42.8 Å². The number of hydrogen-bond acceptors (Lipinski definition) is 5. The van der Waals surface area contributed by atoms with Gasteiger partial charge < -0.3 is 9.47 Å². The Hall–Kier alpha value is -2.77. The average Bonchev–Trinajstić information content (AvgIpc) is 3.28. The minimum absolute atomic E-state index is 0.152. The van der Waals surface area contributed by atoms with E-state index >= 15 is 0 Å². The first-order valence-electron chi connectivity index (χ1n) is 8.62. The largest absolute Gasteiger partial charge is 0.342 e. The van der Waals surface area contributed by atoms with Gasteiger partial charge in [0.2, 0.25) is 5.91 Å². The molecule has 4 rings (SSSR count). The molecule has 0 bridgehead atoms. The molecule has 130 valence electrons. The molecular formula is C17H21N7O. The van der Waals surface area contributed by atoms with Gasteiger partial charge in [-0.15, -0.1) is 5.10 Å². The van der Waals surface area contributed by atoms with Gasteiger partial charge in [-0.05, 0) is 35.4 Å². The van der Waals surface area contributed by atoms with Crippen LogP contribution in [0.4, 0.5) is 0 Å². The minimum Gasteiger partial charge on any atom is -0.342 e. The highest BCUT2D eigenvalue weighted by molar-refractivity contribution is 5.77. The Kier molecular flexibility index (Phi) is 4.17. The van der Waals surface area contributed by atoms with E-state index in [4.69, 9.17) is 4.98 Å². The molecule has 0 spiro atoms. The smallest absolute Gasteiger partial charge is 0.224 e. The van der Waals surface area contributed by atoms with Crippen LogP contribution in [0.5, 0.6) is 0 Å². The number of tetrazole rings is 1. The summed E-state index contributed by atoms with van der Waals surface area (Å²) in [5.74, 6) is 1.50. The van der Waals surface area contributed by atoms with Crippen LogP contribution >= 0.6 is 0 Å². The second kappa shape index (κ2) is 6.62. The molecule has 0 saturated carbocycles. The minimum atomic E-state index is 0.152. The van der Waals surface area contributed by atoms with Gasteiger partial charge in [-0.2, -0.15) is 0 Å². The standard InChI is InChI=1S/C17H21N7O/c1-22-15-7-3-2-6-14(15)19-17(22)13-5-4-9-23(11-13)16(25)8-10-24-12-18-20-21-24/h2-3,6-7,12-13H,4-5,8-11H2,1H3/t13-/m1/s1. The first-order chi connectivity index (χ1) is 12.2. The summed E-state index contributed by atoms with van der Waals surface area (Å²) in [5.41, 5.74) is 2.15. The van der Waals surface area contributed by atoms with Gasteiger partial charge in [0, 0.05) is 32.5 Å². The molecule has 1 atom stereocenters. The maximum absolute atomic E-state index is 12.5. The Morgan fingerprint density at radius 1 is 1.32 bits per heavy atom. The maximum atomic E-state index is 12.5. The lowest BCUT2D eigenvalue weighted by molar-refractivity contribution is -0.132. The lowest BCUT2D eigenvalue weighted by Crippen LogP contribution is -2.40. The number of aromatic nitrogens is 6. The summed E-state index contributed by atoms with van der Waals surface area (Å²) in [7, 11) is 2.06. The molecule has 1 aromatic carbocycles. The van der Waals surface area contributed by atoms with Crippen LogP contribution in [0.15, 0.2) is 30.6 Å². The van der Waals surface area contributed by atoms with Gasteiger partial charge in [-0.3, -0.25) is 4.79 Å². The monoisotopic (exact) mass is 339 g/mol. The highest BCUT2D eigenvalue weighted by Gasteiger charge is 2.27. The van der Waals surface area contributed by atoms with E-state index in [1.54, 1.807) is 4.68 Å². The summed E-state index contributed by atoms with van der Waals surface area (Å²) in [6.07, 6.45) is 4.02. The molecular weight excluding hydrogens is 318 g/mol. The van der Waals surface area contributed by atoms with E-state index in [9.17, 15) is 4.79 Å². The number of piperidine rings is 1. The van der Waals surface area contributed by atoms with Gasteiger partial charge >= 0.3 is 0 Å². The summed E-state index contributed by atoms with van der Waals surface area (Å²) in [6.45, 7) is 2.06. The van der Waals surface area contributed by atoms with Crippen molar-refractivity contribution in [2.45, 2.75) is 31.7 Å². The lowest BCUT2D eigenvalue weighted by atomic mass is 9.97. The van der Waals surface area contributed by atoms with Gasteiger partial charge in [0.1, 0.15) is 12.2 Å². The fourth-order valence-corrected chi connectivity index (χ4v) is 3.59. The quantitative estimate of drug-likeness (QED) is 0.717. The van der Waals surface area contributed by atoms with E-state index in [1.165, 1.54) is 6.33 Å². The van der Waals surface area contributed by atoms with Gasteiger partial charge in [0.25, 0.3) is 0 Å². The van der Waals surface area contributed by atoms with Gasteiger partial charge in [-0.1, -0.05) is 12.1 Å². The van der Waals surface area contributed by atoms with Crippen LogP contribution in [0.1, 0.15) is 31.0 Å². The van der Waals surface area contributed by atoms with Crippen LogP contribution in [-0.2, 0) is 18.4 Å². The topological polar surface area (TPSA) is 81.7 Å². The molecule has 1 amide bonds. The predicted octanol–water partition coefficient (Wildman–Crippen LogP) is 1.36. The number of carbonyl (C=O) groups excluding carboxylic acids is 1. The molecule has 8 nitrogen and oxygen atoms in total. The van der Waals surface area contributed by atoms with Crippen molar-refractivity contribution in [3.8, 4) is 0 Å². The van der Waals surface area contributed by atoms with E-state index in [2.05, 4.69) is 33.2 Å². The van der Waals surface area contributed by atoms with Gasteiger partial charge in [0.15, 0.2) is 0 Å². The highest BCUT2D eigenvalue weighted by atomic mass is 16.2. The van der Waals surface area contributed by atoms with Crippen LogP contribution in [0.3, 0.4) is 0 Å². The molecule has 8 heteroatoms. The fraction of sp³-hybridized carbons (Fsp3) is 0.471. The zero-order valence-electron chi connectivity index (χ0n) is 14.2. The summed E-state index contributed by atoms with van der Waals surface area (Å²) >= 11 is 0. The number of rotatable bonds is 4. The van der Waals surface area contributed by atoms with Crippen molar-refractivity contribution in [1.82, 2.24) is 34.7 Å². The number of imidazole rings is 1. The molecule has 1 fully saturated rings. The molecule has 2 aromatic heterocycles. The van der Waals surface area contributed by atoms with Crippen molar-refractivity contribution < 1.29 is 4.79 Å². The molecule has 3 aromatic rings. The Morgan fingerprint density at radius 2 is 2.20 bits per heavy atom. The zero-order valence-corrected chi connectivity index (χ0v) is 14.2. The van der Waals surface area contributed by atoms with Crippen LogP contribution in [0.2, 0.25) is 0 Å². The second-order valence-corrected chi connectivity index (χ2v) is 6.52. The summed E-state index contributed by atoms with van der Waals surface area (Å²) in [6, 6.07) is 8.17. The van der Waals surface area contributed by atoms with E-state index in [1.807, 2.05) is 23.1 Å². The van der Waals surface area contributed by atoms with Gasteiger partial charge in [0.05, 0.1) is 17.6 Å². The van der Waals surface area contributed by atoms with Crippen LogP contribution < -0.4 is 0 Å². The third kappa shape index (κ3) is 3.11. The van der Waals surface area contributed by atoms with Crippen LogP contribution in [-0.4, -0.2) is 53.7 Å². The number of amides is 1. The number of nitrogens with zero attached hydrogens (tertiary/aromatic N) is 7. The number of fused-ring (bicyclic) bond motifs is 1. The van der Waals surface area contributed by atoms with E-state index in [-0.39, 0.29) is 11.8 Å². The van der Waals surface area contributed by atoms with E-state index in [0.29, 0.717) is 13.0 Å². The Balaban J connectivity index is 1.46.